The predicted octanol–water partition coefficient (Wildman–Crippen LogP) is 5.34. The van der Waals surface area contributed by atoms with E-state index in [4.69, 9.17) is 11.3 Å². The summed E-state index contributed by atoms with van der Waals surface area (Å²) < 4.78 is 5.76. The number of carbonyl (C=O) groups excluding carboxylic acids is 1. The van der Waals surface area contributed by atoms with Crippen LogP contribution in [0.25, 0.3) is 16.0 Å². The van der Waals surface area contributed by atoms with Gasteiger partial charge in [0.25, 0.3) is 5.91 Å². The largest absolute Gasteiger partial charge is 0.478 e. The fourth-order valence-corrected chi connectivity index (χ4v) is 4.05. The Bertz CT molecular complexity index is 1380. The van der Waals surface area contributed by atoms with E-state index in [2.05, 4.69) is 20.9 Å². The molecular weight excluding hydrogens is 426 g/mol. The molecule has 1 atom stereocenters. The molecule has 2 aromatic carbocycles. The molecule has 7 nitrogen and oxygen atoms in total. The van der Waals surface area contributed by atoms with E-state index in [1.807, 2.05) is 26.0 Å². The number of benzene rings is 2. The number of aromatic nitrogens is 1. The Kier molecular flexibility index (Phi) is 6.38. The lowest BCUT2D eigenvalue weighted by molar-refractivity contribution is 0.0735. The van der Waals surface area contributed by atoms with E-state index in [-0.39, 0.29) is 17.6 Å². The third kappa shape index (κ3) is 4.12. The zero-order valence-corrected chi connectivity index (χ0v) is 19.2. The maximum absolute atomic E-state index is 13.4. The van der Waals surface area contributed by atoms with Crippen LogP contribution in [0.4, 0.5) is 5.69 Å². The minimum atomic E-state index is -0.243. The van der Waals surface area contributed by atoms with Gasteiger partial charge in [-0.2, -0.15) is 5.26 Å². The van der Waals surface area contributed by atoms with Gasteiger partial charge in [0.05, 0.1) is 37.4 Å². The van der Waals surface area contributed by atoms with Crippen LogP contribution in [-0.2, 0) is 6.54 Å². The van der Waals surface area contributed by atoms with Crippen molar-refractivity contribution in [1.29, 1.82) is 5.26 Å². The van der Waals surface area contributed by atoms with E-state index in [0.717, 1.165) is 27.8 Å². The molecule has 0 radical (unpaired) electrons. The summed E-state index contributed by atoms with van der Waals surface area (Å²) >= 11 is 0. The van der Waals surface area contributed by atoms with Crippen molar-refractivity contribution >= 4 is 17.8 Å². The average Bonchev–Trinajstić information content (AvgIpc) is 3.37. The fourth-order valence-electron chi connectivity index (χ4n) is 4.05. The van der Waals surface area contributed by atoms with Gasteiger partial charge in [-0.3, -0.25) is 9.79 Å². The molecule has 1 aliphatic rings. The molecule has 0 saturated heterocycles. The van der Waals surface area contributed by atoms with Gasteiger partial charge in [0.1, 0.15) is 5.69 Å². The van der Waals surface area contributed by atoms with Gasteiger partial charge in [0.15, 0.2) is 5.69 Å². The minimum absolute atomic E-state index is 0.243. The van der Waals surface area contributed by atoms with Gasteiger partial charge < -0.3 is 9.64 Å². The van der Waals surface area contributed by atoms with E-state index in [1.165, 1.54) is 0 Å². The highest BCUT2D eigenvalue weighted by Gasteiger charge is 2.26. The molecule has 3 aromatic rings. The van der Waals surface area contributed by atoms with Crippen molar-refractivity contribution in [3.63, 3.8) is 0 Å². The van der Waals surface area contributed by atoms with Gasteiger partial charge in [-0.1, -0.05) is 24.3 Å². The number of hydrogen-bond donors (Lipinski definition) is 0. The van der Waals surface area contributed by atoms with Gasteiger partial charge in [-0.05, 0) is 54.8 Å². The smallest absolute Gasteiger partial charge is 0.272 e. The standard InChI is InChI=1S/C27H23N5O2/c1-5-34-26-21(19-8-6-7-18(13-19)14-28)10-12-25(31-26)27(33)32(4)17(2)20-9-11-24(29-3)23-16-30-15-22(20)23/h6-13,16-17H,5,15H2,1-2,4H3/t17-/m0/s1. The van der Waals surface area contributed by atoms with Crippen molar-refractivity contribution in [3.8, 4) is 23.1 Å². The van der Waals surface area contributed by atoms with Crippen molar-refractivity contribution in [2.24, 2.45) is 4.99 Å². The van der Waals surface area contributed by atoms with Gasteiger partial charge >= 0.3 is 0 Å². The first-order chi connectivity index (χ1) is 16.5. The Labute approximate surface area is 198 Å². The second-order valence-electron chi connectivity index (χ2n) is 7.91. The molecule has 0 fully saturated rings. The number of carbonyl (C=O) groups is 1. The van der Waals surface area contributed by atoms with Crippen LogP contribution in [-0.4, -0.2) is 35.7 Å². The number of amides is 1. The zero-order chi connectivity index (χ0) is 24.2. The minimum Gasteiger partial charge on any atom is -0.478 e. The summed E-state index contributed by atoms with van der Waals surface area (Å²) in [4.78, 5) is 27.4. The van der Waals surface area contributed by atoms with Crippen molar-refractivity contribution in [2.75, 3.05) is 13.7 Å². The van der Waals surface area contributed by atoms with Gasteiger partial charge in [-0.25, -0.2) is 9.83 Å². The van der Waals surface area contributed by atoms with Gasteiger partial charge in [0.2, 0.25) is 5.88 Å². The highest BCUT2D eigenvalue weighted by molar-refractivity contribution is 5.94. The maximum atomic E-state index is 13.4. The Morgan fingerprint density at radius 2 is 2.12 bits per heavy atom. The van der Waals surface area contributed by atoms with Crippen molar-refractivity contribution < 1.29 is 9.53 Å². The van der Waals surface area contributed by atoms with E-state index >= 15 is 0 Å². The molecule has 168 valence electrons. The van der Waals surface area contributed by atoms with E-state index in [0.29, 0.717) is 30.3 Å². The zero-order valence-electron chi connectivity index (χ0n) is 19.2. The molecule has 4 rings (SSSR count). The summed E-state index contributed by atoms with van der Waals surface area (Å²) in [6, 6.07) is 16.2. The summed E-state index contributed by atoms with van der Waals surface area (Å²) in [5.41, 5.74) is 5.67. The van der Waals surface area contributed by atoms with Crippen LogP contribution >= 0.6 is 0 Å². The van der Waals surface area contributed by atoms with Crippen molar-refractivity contribution in [2.45, 2.75) is 26.4 Å². The highest BCUT2D eigenvalue weighted by atomic mass is 16.5. The van der Waals surface area contributed by atoms with Crippen LogP contribution in [0.2, 0.25) is 0 Å². The summed E-state index contributed by atoms with van der Waals surface area (Å²) in [6.45, 7) is 12.1. The molecule has 1 aliphatic heterocycles. The molecule has 1 amide bonds. The monoisotopic (exact) mass is 449 g/mol. The second-order valence-corrected chi connectivity index (χ2v) is 7.91. The van der Waals surface area contributed by atoms with E-state index in [1.54, 1.807) is 54.6 Å². The Balaban J connectivity index is 1.65. The number of aliphatic imine (C=N–C) groups is 1. The molecule has 2 heterocycles. The number of fused-ring (bicyclic) bond motifs is 1. The predicted molar refractivity (Wildman–Crippen MR) is 130 cm³/mol. The van der Waals surface area contributed by atoms with Gasteiger partial charge in [0, 0.05) is 24.4 Å². The Morgan fingerprint density at radius 3 is 2.85 bits per heavy atom. The normalized spacial score (nSPS) is 12.4. The average molecular weight is 450 g/mol. The summed E-state index contributed by atoms with van der Waals surface area (Å²) in [6.07, 6.45) is 1.73. The number of hydrogen-bond acceptors (Lipinski definition) is 5. The first kappa shape index (κ1) is 22.7. The number of rotatable bonds is 6. The van der Waals surface area contributed by atoms with Crippen LogP contribution < -0.4 is 4.74 Å². The molecule has 0 bridgehead atoms. The fraction of sp³-hybridized carbons (Fsp3) is 0.222. The molecule has 0 N–H and O–H groups in total. The van der Waals surface area contributed by atoms with Crippen LogP contribution in [0.1, 0.15) is 52.6 Å². The number of nitrogens with zero attached hydrogens (tertiary/aromatic N) is 5. The topological polar surface area (TPSA) is 82.9 Å². The second kappa shape index (κ2) is 9.56. The van der Waals surface area contributed by atoms with Crippen LogP contribution in [0.3, 0.4) is 0 Å². The summed E-state index contributed by atoms with van der Waals surface area (Å²) in [5, 5.41) is 9.22. The maximum Gasteiger partial charge on any atom is 0.272 e. The van der Waals surface area contributed by atoms with Crippen LogP contribution in [0.15, 0.2) is 53.5 Å². The summed E-state index contributed by atoms with van der Waals surface area (Å²) in [5.74, 6) is 0.105. The molecule has 7 heteroatoms. The molecule has 0 saturated carbocycles. The summed E-state index contributed by atoms with van der Waals surface area (Å²) in [7, 11) is 1.74. The molecule has 1 aromatic heterocycles. The van der Waals surface area contributed by atoms with Crippen LogP contribution in [0.5, 0.6) is 5.88 Å². The molecule has 0 aliphatic carbocycles. The SMILES string of the molecule is [C-]#[N+]c1ccc([C@H](C)N(C)C(=O)c2ccc(-c3cccc(C#N)c3)c(OCC)n2)c2c1C=NC2. The van der Waals surface area contributed by atoms with Gasteiger partial charge in [-0.15, -0.1) is 0 Å². The first-order valence-corrected chi connectivity index (χ1v) is 10.9. The quantitative estimate of drug-likeness (QED) is 0.476. The van der Waals surface area contributed by atoms with E-state index < -0.39 is 0 Å². The lowest BCUT2D eigenvalue weighted by atomic mass is 9.96. The molecule has 0 spiro atoms. The lowest BCUT2D eigenvalue weighted by Gasteiger charge is -2.27. The number of pyridine rings is 1. The highest BCUT2D eigenvalue weighted by Crippen LogP contribution is 2.34. The Hall–Kier alpha value is -4.49. The Morgan fingerprint density at radius 1 is 1.29 bits per heavy atom. The van der Waals surface area contributed by atoms with Crippen molar-refractivity contribution in [1.82, 2.24) is 9.88 Å². The first-order valence-electron chi connectivity index (χ1n) is 10.9. The molecule has 34 heavy (non-hydrogen) atoms. The van der Waals surface area contributed by atoms with Crippen LogP contribution in [0, 0.1) is 17.9 Å². The van der Waals surface area contributed by atoms with Crippen molar-refractivity contribution in [3.05, 3.63) is 87.9 Å². The molecule has 0 unspecified atom stereocenters. The van der Waals surface area contributed by atoms with E-state index in [9.17, 15) is 10.1 Å². The number of ether oxygens (including phenoxy) is 1. The third-order valence-corrected chi connectivity index (χ3v) is 5.98. The third-order valence-electron chi connectivity index (χ3n) is 5.98. The molecular formula is C27H23N5O2. The number of nitriles is 1. The lowest BCUT2D eigenvalue weighted by Crippen LogP contribution is -2.31.